The summed E-state index contributed by atoms with van der Waals surface area (Å²) in [6.07, 6.45) is 2.72. The molecular formula is C22H23N3O5S3. The minimum atomic E-state index is -3.61. The van der Waals surface area contributed by atoms with E-state index >= 15 is 0 Å². The summed E-state index contributed by atoms with van der Waals surface area (Å²) in [4.78, 5) is 29.9. The fraction of sp³-hybridized carbons (Fsp3) is 0.318. The number of benzene rings is 2. The Morgan fingerprint density at radius 3 is 2.61 bits per heavy atom. The highest BCUT2D eigenvalue weighted by Gasteiger charge is 2.33. The van der Waals surface area contributed by atoms with Crippen LogP contribution in [0.4, 0.5) is 5.13 Å². The third kappa shape index (κ3) is 4.91. The number of carbonyl (C=O) groups is 2. The number of nitrogens with zero attached hydrogens (tertiary/aromatic N) is 2. The van der Waals surface area contributed by atoms with Crippen LogP contribution >= 0.6 is 23.1 Å². The van der Waals surface area contributed by atoms with Gasteiger partial charge in [0.2, 0.25) is 15.9 Å². The topological polar surface area (TPSA) is 106 Å². The second kappa shape index (κ2) is 9.80. The molecule has 1 fully saturated rings. The standard InChI is InChI=1S/C22H23N3O5S3/c1-30-21(27)15-7-8-16-18(13-15)32-22(23-16)24-20(26)14-9-11-25(12-10-14)33(28,29)19-6-4-3-5-17(19)31-2/h3-8,13-14H,9-12H2,1-2H3,(H,23,24,26). The van der Waals surface area contributed by atoms with E-state index in [1.807, 2.05) is 12.3 Å². The van der Waals surface area contributed by atoms with Crippen molar-refractivity contribution in [2.24, 2.45) is 5.92 Å². The van der Waals surface area contributed by atoms with E-state index in [0.717, 1.165) is 4.70 Å². The lowest BCUT2D eigenvalue weighted by molar-refractivity contribution is -0.120. The lowest BCUT2D eigenvalue weighted by Crippen LogP contribution is -2.41. The number of hydrogen-bond donors (Lipinski definition) is 1. The average molecular weight is 506 g/mol. The van der Waals surface area contributed by atoms with E-state index in [1.165, 1.54) is 34.5 Å². The SMILES string of the molecule is COC(=O)c1ccc2nc(NC(=O)C3CCN(S(=O)(=O)c4ccccc4SC)CC3)sc2c1. The van der Waals surface area contributed by atoms with Crippen LogP contribution in [0.25, 0.3) is 10.2 Å². The van der Waals surface area contributed by atoms with Gasteiger partial charge in [0.05, 0.1) is 27.8 Å². The summed E-state index contributed by atoms with van der Waals surface area (Å²) in [5, 5.41) is 3.29. The molecule has 0 saturated carbocycles. The molecule has 1 aliphatic heterocycles. The lowest BCUT2D eigenvalue weighted by Gasteiger charge is -2.30. The van der Waals surface area contributed by atoms with Gasteiger partial charge in [0.1, 0.15) is 0 Å². The molecule has 11 heteroatoms. The van der Waals surface area contributed by atoms with Crippen LogP contribution in [0.3, 0.4) is 0 Å². The molecule has 1 aromatic heterocycles. The van der Waals surface area contributed by atoms with Crippen molar-refractivity contribution in [2.45, 2.75) is 22.6 Å². The molecule has 33 heavy (non-hydrogen) atoms. The number of methoxy groups -OCH3 is 1. The van der Waals surface area contributed by atoms with E-state index in [2.05, 4.69) is 10.3 Å². The third-order valence-corrected chi connectivity index (χ3v) is 9.37. The number of piperidine rings is 1. The summed E-state index contributed by atoms with van der Waals surface area (Å²) < 4.78 is 33.2. The number of anilines is 1. The minimum absolute atomic E-state index is 0.177. The van der Waals surface area contributed by atoms with Crippen LogP contribution in [0, 0.1) is 5.92 Å². The number of amides is 1. The Hall–Kier alpha value is -2.47. The first kappa shape index (κ1) is 23.7. The number of fused-ring (bicyclic) bond motifs is 1. The van der Waals surface area contributed by atoms with E-state index in [-0.39, 0.29) is 24.9 Å². The van der Waals surface area contributed by atoms with Crippen LogP contribution < -0.4 is 5.32 Å². The molecule has 8 nitrogen and oxygen atoms in total. The highest BCUT2D eigenvalue weighted by atomic mass is 32.2. The molecule has 1 saturated heterocycles. The van der Waals surface area contributed by atoms with Gasteiger partial charge in [0, 0.05) is 23.9 Å². The zero-order valence-electron chi connectivity index (χ0n) is 18.1. The van der Waals surface area contributed by atoms with Crippen LogP contribution in [0.5, 0.6) is 0 Å². The highest BCUT2D eigenvalue weighted by molar-refractivity contribution is 7.99. The molecule has 2 aromatic carbocycles. The lowest BCUT2D eigenvalue weighted by atomic mass is 9.97. The summed E-state index contributed by atoms with van der Waals surface area (Å²) >= 11 is 2.68. The molecule has 0 atom stereocenters. The fourth-order valence-corrected chi connectivity index (χ4v) is 7.26. The molecule has 2 heterocycles. The predicted octanol–water partition coefficient (Wildman–Crippen LogP) is 3.84. The molecule has 1 aliphatic rings. The van der Waals surface area contributed by atoms with Gasteiger partial charge in [-0.3, -0.25) is 4.79 Å². The fourth-order valence-electron chi connectivity index (χ4n) is 3.76. The zero-order chi connectivity index (χ0) is 23.6. The largest absolute Gasteiger partial charge is 0.465 e. The summed E-state index contributed by atoms with van der Waals surface area (Å²) in [7, 11) is -2.29. The molecular weight excluding hydrogens is 482 g/mol. The smallest absolute Gasteiger partial charge is 0.337 e. The number of hydrogen-bond acceptors (Lipinski definition) is 8. The first-order valence-corrected chi connectivity index (χ1v) is 13.7. The summed E-state index contributed by atoms with van der Waals surface area (Å²) in [5.41, 5.74) is 1.10. The van der Waals surface area contributed by atoms with E-state index < -0.39 is 16.0 Å². The molecule has 174 valence electrons. The van der Waals surface area contributed by atoms with E-state index in [9.17, 15) is 18.0 Å². The Morgan fingerprint density at radius 2 is 1.91 bits per heavy atom. The van der Waals surface area contributed by atoms with Crippen LogP contribution in [-0.4, -0.2) is 56.0 Å². The predicted molar refractivity (Wildman–Crippen MR) is 129 cm³/mol. The third-order valence-electron chi connectivity index (χ3n) is 5.55. The summed E-state index contributed by atoms with van der Waals surface area (Å²) in [5.74, 6) is -0.911. The van der Waals surface area contributed by atoms with Gasteiger partial charge in [0.15, 0.2) is 5.13 Å². The van der Waals surface area contributed by atoms with E-state index in [0.29, 0.717) is 38.8 Å². The Morgan fingerprint density at radius 1 is 1.18 bits per heavy atom. The number of thioether (sulfide) groups is 1. The molecule has 0 aliphatic carbocycles. The van der Waals surface area contributed by atoms with Crippen molar-refractivity contribution in [1.29, 1.82) is 0 Å². The monoisotopic (exact) mass is 505 g/mol. The van der Waals surface area contributed by atoms with Gasteiger partial charge in [-0.05, 0) is 49.4 Å². The average Bonchev–Trinajstić information content (AvgIpc) is 3.24. The molecule has 1 amide bonds. The maximum absolute atomic E-state index is 13.1. The normalized spacial score (nSPS) is 15.5. The Bertz CT molecular complexity index is 1300. The molecule has 3 aromatic rings. The first-order valence-electron chi connectivity index (χ1n) is 10.3. The summed E-state index contributed by atoms with van der Waals surface area (Å²) in [6.45, 7) is 0.566. The summed E-state index contributed by atoms with van der Waals surface area (Å²) in [6, 6.07) is 12.0. The Balaban J connectivity index is 1.41. The maximum Gasteiger partial charge on any atom is 0.337 e. The van der Waals surface area contributed by atoms with E-state index in [4.69, 9.17) is 4.74 Å². The van der Waals surface area contributed by atoms with Crippen LogP contribution in [0.1, 0.15) is 23.2 Å². The molecule has 1 N–H and O–H groups in total. The van der Waals surface area contributed by atoms with Crippen LogP contribution in [-0.2, 0) is 19.6 Å². The number of thiazole rings is 1. The second-order valence-corrected chi connectivity index (χ2v) is 11.3. The number of sulfonamides is 1. The second-order valence-electron chi connectivity index (χ2n) is 7.51. The van der Waals surface area contributed by atoms with Crippen molar-refractivity contribution in [3.63, 3.8) is 0 Å². The van der Waals surface area contributed by atoms with Gasteiger partial charge in [-0.25, -0.2) is 18.2 Å². The molecule has 0 unspecified atom stereocenters. The van der Waals surface area contributed by atoms with Crippen molar-refractivity contribution < 1.29 is 22.7 Å². The minimum Gasteiger partial charge on any atom is -0.465 e. The van der Waals surface area contributed by atoms with Gasteiger partial charge in [0.25, 0.3) is 0 Å². The van der Waals surface area contributed by atoms with Gasteiger partial charge >= 0.3 is 5.97 Å². The number of aromatic nitrogens is 1. The number of esters is 1. The van der Waals surface area contributed by atoms with Gasteiger partial charge in [-0.1, -0.05) is 23.5 Å². The highest BCUT2D eigenvalue weighted by Crippen LogP contribution is 2.31. The van der Waals surface area contributed by atoms with Crippen molar-refractivity contribution >= 4 is 60.3 Å². The quantitative estimate of drug-likeness (QED) is 0.401. The molecule has 4 rings (SSSR count). The maximum atomic E-state index is 13.1. The zero-order valence-corrected chi connectivity index (χ0v) is 20.6. The van der Waals surface area contributed by atoms with Gasteiger partial charge < -0.3 is 10.1 Å². The van der Waals surface area contributed by atoms with Gasteiger partial charge in [-0.15, -0.1) is 11.8 Å². The molecule has 0 radical (unpaired) electrons. The number of rotatable bonds is 6. The molecule has 0 bridgehead atoms. The van der Waals surface area contributed by atoms with Crippen molar-refractivity contribution in [1.82, 2.24) is 9.29 Å². The Labute approximate surface area is 200 Å². The van der Waals surface area contributed by atoms with Crippen molar-refractivity contribution in [2.75, 3.05) is 31.8 Å². The van der Waals surface area contributed by atoms with Gasteiger partial charge in [-0.2, -0.15) is 4.31 Å². The number of ether oxygens (including phenoxy) is 1. The number of nitrogens with one attached hydrogen (secondary N) is 1. The number of carbonyl (C=O) groups excluding carboxylic acids is 2. The van der Waals surface area contributed by atoms with Crippen LogP contribution in [0.15, 0.2) is 52.3 Å². The molecule has 0 spiro atoms. The first-order chi connectivity index (χ1) is 15.8. The van der Waals surface area contributed by atoms with Crippen LogP contribution in [0.2, 0.25) is 0 Å². The van der Waals surface area contributed by atoms with Crippen molar-refractivity contribution in [3.05, 3.63) is 48.0 Å². The van der Waals surface area contributed by atoms with Crippen molar-refractivity contribution in [3.8, 4) is 0 Å². The van der Waals surface area contributed by atoms with E-state index in [1.54, 1.807) is 36.4 Å². The Kier molecular flexibility index (Phi) is 7.03.